The summed E-state index contributed by atoms with van der Waals surface area (Å²) in [5, 5.41) is 3.19. The number of ketones is 1. The van der Waals surface area contributed by atoms with Crippen LogP contribution < -0.4 is 5.32 Å². The van der Waals surface area contributed by atoms with E-state index >= 15 is 0 Å². The van der Waals surface area contributed by atoms with E-state index in [-0.39, 0.29) is 17.6 Å². The zero-order valence-corrected chi connectivity index (χ0v) is 12.4. The molecule has 1 aliphatic rings. The Balaban J connectivity index is 2.02. The number of furan rings is 1. The highest BCUT2D eigenvalue weighted by Gasteiger charge is 2.37. The maximum Gasteiger partial charge on any atom is 0.243 e. The number of benzene rings is 1. The Morgan fingerprint density at radius 3 is 2.67 bits per heavy atom. The molecule has 1 N–H and O–H groups in total. The summed E-state index contributed by atoms with van der Waals surface area (Å²) in [4.78, 5) is 24.8. The number of anilines is 1. The Morgan fingerprint density at radius 1 is 1.24 bits per heavy atom. The number of hydrogen-bond acceptors (Lipinski definition) is 3. The number of hydrogen-bond donors (Lipinski definition) is 1. The molecule has 0 spiro atoms. The van der Waals surface area contributed by atoms with Gasteiger partial charge in [-0.3, -0.25) is 9.59 Å². The minimum Gasteiger partial charge on any atom is -0.468 e. The molecule has 0 radical (unpaired) electrons. The summed E-state index contributed by atoms with van der Waals surface area (Å²) in [5.74, 6) is -0.946. The third kappa shape index (κ3) is 2.36. The van der Waals surface area contributed by atoms with Gasteiger partial charge in [0.05, 0.1) is 12.0 Å². The molecule has 0 saturated carbocycles. The molecular weight excluding hydrogens is 290 g/mol. The fraction of sp³-hybridized carbons (Fsp3) is 0.250. The van der Waals surface area contributed by atoms with Crippen LogP contribution in [-0.2, 0) is 4.79 Å². The Bertz CT molecular complexity index is 733. The van der Waals surface area contributed by atoms with Crippen LogP contribution >= 0.6 is 11.6 Å². The molecule has 0 bridgehead atoms. The Kier molecular flexibility index (Phi) is 3.33. The Morgan fingerprint density at radius 2 is 2.00 bits per heavy atom. The van der Waals surface area contributed by atoms with Gasteiger partial charge >= 0.3 is 0 Å². The molecule has 1 amide bonds. The minimum absolute atomic E-state index is 0.268. The highest BCUT2D eigenvalue weighted by atomic mass is 35.5. The molecule has 5 heteroatoms. The number of fused-ring (bicyclic) bond motifs is 1. The topological polar surface area (TPSA) is 59.3 Å². The fourth-order valence-electron chi connectivity index (χ4n) is 2.40. The van der Waals surface area contributed by atoms with Crippen LogP contribution in [0.5, 0.6) is 0 Å². The minimum atomic E-state index is -0.939. The van der Waals surface area contributed by atoms with Gasteiger partial charge in [0.1, 0.15) is 5.76 Å². The summed E-state index contributed by atoms with van der Waals surface area (Å²) < 4.78 is 5.44. The van der Waals surface area contributed by atoms with Crippen molar-refractivity contribution in [1.82, 2.24) is 0 Å². The van der Waals surface area contributed by atoms with E-state index in [0.29, 0.717) is 22.0 Å². The second-order valence-electron chi connectivity index (χ2n) is 5.41. The molecule has 0 saturated heterocycles. The standard InChI is InChI=1S/C16H14ClNO3/c1-8(2)9-5-13(21-7-9)14-15(19)11-4-3-10(17)6-12(11)18-16(14)20/h3-8,14H,1-2H3,(H,18,20). The number of carbonyl (C=O) groups is 2. The second-order valence-corrected chi connectivity index (χ2v) is 5.85. The van der Waals surface area contributed by atoms with Gasteiger partial charge < -0.3 is 9.73 Å². The van der Waals surface area contributed by atoms with Crippen molar-refractivity contribution in [3.8, 4) is 0 Å². The van der Waals surface area contributed by atoms with Gasteiger partial charge in [-0.05, 0) is 35.7 Å². The van der Waals surface area contributed by atoms with E-state index in [1.807, 2.05) is 13.8 Å². The van der Waals surface area contributed by atoms with E-state index in [4.69, 9.17) is 16.0 Å². The van der Waals surface area contributed by atoms with Gasteiger partial charge in [0.15, 0.2) is 11.7 Å². The van der Waals surface area contributed by atoms with Crippen LogP contribution in [0.4, 0.5) is 5.69 Å². The summed E-state index contributed by atoms with van der Waals surface area (Å²) in [6, 6.07) is 6.60. The van der Waals surface area contributed by atoms with Gasteiger partial charge in [-0.1, -0.05) is 25.4 Å². The highest BCUT2D eigenvalue weighted by Crippen LogP contribution is 2.34. The van der Waals surface area contributed by atoms with E-state index in [2.05, 4.69) is 5.32 Å². The van der Waals surface area contributed by atoms with Crippen molar-refractivity contribution in [3.63, 3.8) is 0 Å². The molecule has 1 atom stereocenters. The summed E-state index contributed by atoms with van der Waals surface area (Å²) in [6.45, 7) is 4.05. The lowest BCUT2D eigenvalue weighted by Gasteiger charge is -2.22. The first-order valence-corrected chi connectivity index (χ1v) is 7.08. The molecule has 2 aromatic rings. The highest BCUT2D eigenvalue weighted by molar-refractivity contribution is 6.32. The van der Waals surface area contributed by atoms with E-state index < -0.39 is 5.92 Å². The third-order valence-corrected chi connectivity index (χ3v) is 3.86. The quantitative estimate of drug-likeness (QED) is 0.854. The van der Waals surface area contributed by atoms with E-state index in [1.165, 1.54) is 0 Å². The molecule has 1 aliphatic heterocycles. The molecule has 3 rings (SSSR count). The average molecular weight is 304 g/mol. The summed E-state index contributed by atoms with van der Waals surface area (Å²) in [7, 11) is 0. The van der Waals surface area contributed by atoms with E-state index in [1.54, 1.807) is 30.5 Å². The van der Waals surface area contributed by atoms with Gasteiger partial charge in [0, 0.05) is 10.6 Å². The fourth-order valence-corrected chi connectivity index (χ4v) is 2.57. The SMILES string of the molecule is CC(C)c1coc(C2C(=O)Nc3cc(Cl)ccc3C2=O)c1. The zero-order chi connectivity index (χ0) is 15.1. The number of amides is 1. The number of halogens is 1. The molecule has 108 valence electrons. The lowest BCUT2D eigenvalue weighted by Crippen LogP contribution is -2.33. The molecule has 1 aromatic carbocycles. The number of rotatable bonds is 2. The lowest BCUT2D eigenvalue weighted by molar-refractivity contribution is -0.117. The van der Waals surface area contributed by atoms with Crippen LogP contribution in [0.2, 0.25) is 5.02 Å². The van der Waals surface area contributed by atoms with Crippen LogP contribution in [-0.4, -0.2) is 11.7 Å². The Hall–Kier alpha value is -2.07. The normalized spacial score (nSPS) is 17.8. The largest absolute Gasteiger partial charge is 0.468 e. The Labute approximate surface area is 127 Å². The predicted octanol–water partition coefficient (Wildman–Crippen LogP) is 3.98. The predicted molar refractivity (Wildman–Crippen MR) is 80.0 cm³/mol. The zero-order valence-electron chi connectivity index (χ0n) is 11.6. The van der Waals surface area contributed by atoms with Crippen molar-refractivity contribution < 1.29 is 14.0 Å². The van der Waals surface area contributed by atoms with E-state index in [9.17, 15) is 9.59 Å². The maximum absolute atomic E-state index is 12.6. The maximum atomic E-state index is 12.6. The van der Waals surface area contributed by atoms with Crippen molar-refractivity contribution >= 4 is 29.0 Å². The van der Waals surface area contributed by atoms with Gasteiger partial charge in [0.25, 0.3) is 0 Å². The smallest absolute Gasteiger partial charge is 0.243 e. The molecule has 1 unspecified atom stereocenters. The van der Waals surface area contributed by atoms with Crippen LogP contribution in [0.25, 0.3) is 0 Å². The molecule has 4 nitrogen and oxygen atoms in total. The van der Waals surface area contributed by atoms with E-state index in [0.717, 1.165) is 5.56 Å². The van der Waals surface area contributed by atoms with Crippen molar-refractivity contribution in [1.29, 1.82) is 0 Å². The number of nitrogens with one attached hydrogen (secondary N) is 1. The van der Waals surface area contributed by atoms with Crippen LogP contribution in [0.15, 0.2) is 34.9 Å². The summed E-state index contributed by atoms with van der Waals surface area (Å²) in [6.07, 6.45) is 1.60. The summed E-state index contributed by atoms with van der Waals surface area (Å²) >= 11 is 5.88. The molecule has 1 aromatic heterocycles. The number of carbonyl (C=O) groups excluding carboxylic acids is 2. The van der Waals surface area contributed by atoms with Crippen molar-refractivity contribution in [3.05, 3.63) is 52.4 Å². The molecule has 2 heterocycles. The van der Waals surface area contributed by atoms with Gasteiger partial charge in [-0.2, -0.15) is 0 Å². The molecule has 0 aliphatic carbocycles. The van der Waals surface area contributed by atoms with Crippen molar-refractivity contribution in [2.75, 3.05) is 5.32 Å². The first kappa shape index (κ1) is 13.9. The third-order valence-electron chi connectivity index (χ3n) is 3.62. The monoisotopic (exact) mass is 303 g/mol. The van der Waals surface area contributed by atoms with Crippen molar-refractivity contribution in [2.45, 2.75) is 25.7 Å². The van der Waals surface area contributed by atoms with Crippen molar-refractivity contribution in [2.24, 2.45) is 0 Å². The molecule has 0 fully saturated rings. The first-order chi connectivity index (χ1) is 9.97. The molecular formula is C16H14ClNO3. The number of Topliss-reactive ketones (excluding diaryl/α,β-unsaturated/α-hetero) is 1. The lowest BCUT2D eigenvalue weighted by atomic mass is 9.89. The van der Waals surface area contributed by atoms with Gasteiger partial charge in [-0.25, -0.2) is 0 Å². The summed E-state index contributed by atoms with van der Waals surface area (Å²) in [5.41, 5.74) is 1.86. The average Bonchev–Trinajstić information content (AvgIpc) is 2.87. The van der Waals surface area contributed by atoms with Crippen LogP contribution in [0.1, 0.15) is 47.4 Å². The van der Waals surface area contributed by atoms with Crippen LogP contribution in [0, 0.1) is 0 Å². The van der Waals surface area contributed by atoms with Crippen LogP contribution in [0.3, 0.4) is 0 Å². The first-order valence-electron chi connectivity index (χ1n) is 6.70. The molecule has 21 heavy (non-hydrogen) atoms. The van der Waals surface area contributed by atoms with Gasteiger partial charge in [-0.15, -0.1) is 0 Å². The second kappa shape index (κ2) is 5.04. The van der Waals surface area contributed by atoms with Gasteiger partial charge in [0.2, 0.25) is 5.91 Å².